The number of carbonyl (C=O) groups is 1. The third-order valence-corrected chi connectivity index (χ3v) is 4.34. The van der Waals surface area contributed by atoms with E-state index in [0.29, 0.717) is 5.78 Å². The molecule has 0 aromatic carbocycles. The molecule has 0 aromatic rings. The van der Waals surface area contributed by atoms with Crippen LogP contribution in [-0.4, -0.2) is 14.1 Å². The molecular formula is C14H22O2Si. The summed E-state index contributed by atoms with van der Waals surface area (Å²) in [5.41, 5.74) is -0.190. The summed E-state index contributed by atoms with van der Waals surface area (Å²) in [5.74, 6) is 1.39. The Labute approximate surface area is 105 Å². The fraction of sp³-hybridized carbons (Fsp3) is 0.643. The molecule has 0 heterocycles. The summed E-state index contributed by atoms with van der Waals surface area (Å²) in [5, 5.41) is 0. The molecule has 94 valence electrons. The Kier molecular flexibility index (Phi) is 3.30. The Balaban J connectivity index is 2.06. The number of Topliss-reactive ketones (excluding diaryl/α,β-unsaturated/α-hetero) is 1. The van der Waals surface area contributed by atoms with Crippen LogP contribution in [0.25, 0.3) is 0 Å². The molecule has 1 unspecified atom stereocenters. The Morgan fingerprint density at radius 2 is 2.06 bits per heavy atom. The zero-order chi connectivity index (χ0) is 12.5. The Hall–Kier alpha value is -0.833. The van der Waals surface area contributed by atoms with Crippen molar-refractivity contribution in [2.75, 3.05) is 0 Å². The van der Waals surface area contributed by atoms with Crippen molar-refractivity contribution in [3.63, 3.8) is 0 Å². The Morgan fingerprint density at radius 1 is 1.29 bits per heavy atom. The second kappa shape index (κ2) is 4.45. The second-order valence-electron chi connectivity index (χ2n) is 6.14. The molecule has 3 heteroatoms. The van der Waals surface area contributed by atoms with Crippen molar-refractivity contribution in [1.82, 2.24) is 0 Å². The van der Waals surface area contributed by atoms with Gasteiger partial charge in [-0.3, -0.25) is 4.79 Å². The third kappa shape index (κ3) is 2.89. The number of carbonyl (C=O) groups excluding carboxylic acids is 1. The van der Waals surface area contributed by atoms with E-state index in [0.717, 1.165) is 31.4 Å². The standard InChI is InChI=1S/C14H22O2Si/c1-17(2,3)16-12-7-10-14(11-8-12)9-5-4-6-13(14)15/h7-8,10H,4-6,9,11H2,1-3H3. The van der Waals surface area contributed by atoms with Crippen LogP contribution >= 0.6 is 0 Å². The van der Waals surface area contributed by atoms with E-state index in [2.05, 4.69) is 31.8 Å². The van der Waals surface area contributed by atoms with E-state index in [4.69, 9.17) is 4.43 Å². The van der Waals surface area contributed by atoms with Gasteiger partial charge in [-0.15, -0.1) is 0 Å². The SMILES string of the molecule is C[Si](C)(C)OC1=CCC2(C=C1)CCCCC2=O. The van der Waals surface area contributed by atoms with Crippen molar-refractivity contribution in [1.29, 1.82) is 0 Å². The van der Waals surface area contributed by atoms with Crippen LogP contribution in [0.2, 0.25) is 19.6 Å². The highest BCUT2D eigenvalue weighted by Crippen LogP contribution is 2.41. The van der Waals surface area contributed by atoms with Crippen LogP contribution in [0.3, 0.4) is 0 Å². The van der Waals surface area contributed by atoms with E-state index in [1.54, 1.807) is 0 Å². The molecule has 0 amide bonds. The monoisotopic (exact) mass is 250 g/mol. The normalized spacial score (nSPS) is 29.4. The first kappa shape index (κ1) is 12.6. The van der Waals surface area contributed by atoms with Crippen LogP contribution < -0.4 is 0 Å². The minimum atomic E-state index is -1.53. The first-order valence-corrected chi connectivity index (χ1v) is 9.94. The maximum absolute atomic E-state index is 12.1. The topological polar surface area (TPSA) is 26.3 Å². The highest BCUT2D eigenvalue weighted by molar-refractivity contribution is 6.70. The highest BCUT2D eigenvalue weighted by atomic mass is 28.4. The van der Waals surface area contributed by atoms with Gasteiger partial charge in [0.05, 0.1) is 11.2 Å². The van der Waals surface area contributed by atoms with Gasteiger partial charge in [-0.1, -0.05) is 12.5 Å². The van der Waals surface area contributed by atoms with Crippen molar-refractivity contribution in [2.45, 2.75) is 51.7 Å². The molecule has 2 nitrogen and oxygen atoms in total. The van der Waals surface area contributed by atoms with Crippen LogP contribution in [-0.2, 0) is 9.22 Å². The molecule has 17 heavy (non-hydrogen) atoms. The molecule has 0 saturated heterocycles. The van der Waals surface area contributed by atoms with Crippen LogP contribution in [0.5, 0.6) is 0 Å². The minimum absolute atomic E-state index is 0.190. The van der Waals surface area contributed by atoms with Crippen LogP contribution in [0, 0.1) is 5.41 Å². The fourth-order valence-electron chi connectivity index (χ4n) is 2.60. The van der Waals surface area contributed by atoms with Gasteiger partial charge in [0.1, 0.15) is 5.78 Å². The lowest BCUT2D eigenvalue weighted by Gasteiger charge is -2.35. The summed E-state index contributed by atoms with van der Waals surface area (Å²) >= 11 is 0. The van der Waals surface area contributed by atoms with Crippen molar-refractivity contribution in [3.8, 4) is 0 Å². The molecule has 0 radical (unpaired) electrons. The van der Waals surface area contributed by atoms with E-state index >= 15 is 0 Å². The van der Waals surface area contributed by atoms with Crippen LogP contribution in [0.15, 0.2) is 24.0 Å². The number of hydrogen-bond acceptors (Lipinski definition) is 2. The summed E-state index contributed by atoms with van der Waals surface area (Å²) in [6, 6.07) is 0. The zero-order valence-electron chi connectivity index (χ0n) is 11.1. The molecule has 1 fully saturated rings. The molecule has 1 spiro atoms. The summed E-state index contributed by atoms with van der Waals surface area (Å²) in [6.45, 7) is 6.54. The fourth-order valence-corrected chi connectivity index (χ4v) is 3.45. The molecule has 1 saturated carbocycles. The summed E-state index contributed by atoms with van der Waals surface area (Å²) < 4.78 is 5.95. The van der Waals surface area contributed by atoms with Crippen molar-refractivity contribution in [2.24, 2.45) is 5.41 Å². The molecule has 2 rings (SSSR count). The molecule has 0 bridgehead atoms. The van der Waals surface area contributed by atoms with Gasteiger partial charge >= 0.3 is 0 Å². The quantitative estimate of drug-likeness (QED) is 0.697. The maximum atomic E-state index is 12.1. The largest absolute Gasteiger partial charge is 0.545 e. The van der Waals surface area contributed by atoms with Gasteiger partial charge in [0.25, 0.3) is 0 Å². The average molecular weight is 250 g/mol. The van der Waals surface area contributed by atoms with E-state index in [-0.39, 0.29) is 5.41 Å². The zero-order valence-corrected chi connectivity index (χ0v) is 12.1. The van der Waals surface area contributed by atoms with Gasteiger partial charge in [0.15, 0.2) is 0 Å². The number of rotatable bonds is 2. The number of allylic oxidation sites excluding steroid dienone is 3. The van der Waals surface area contributed by atoms with E-state index in [1.807, 2.05) is 6.08 Å². The van der Waals surface area contributed by atoms with Crippen LogP contribution in [0.4, 0.5) is 0 Å². The molecule has 0 N–H and O–H groups in total. The summed E-state index contributed by atoms with van der Waals surface area (Å²) in [7, 11) is -1.53. The van der Waals surface area contributed by atoms with Crippen molar-refractivity contribution < 1.29 is 9.22 Å². The van der Waals surface area contributed by atoms with E-state index in [9.17, 15) is 4.79 Å². The van der Waals surface area contributed by atoms with Gasteiger partial charge in [0, 0.05) is 6.42 Å². The first-order chi connectivity index (χ1) is 7.91. The predicted molar refractivity (Wildman–Crippen MR) is 72.2 cm³/mol. The average Bonchev–Trinajstić information content (AvgIpc) is 2.24. The van der Waals surface area contributed by atoms with E-state index < -0.39 is 8.32 Å². The lowest BCUT2D eigenvalue weighted by molar-refractivity contribution is -0.128. The van der Waals surface area contributed by atoms with E-state index in [1.165, 1.54) is 6.42 Å². The highest BCUT2D eigenvalue weighted by Gasteiger charge is 2.38. The molecule has 2 aliphatic rings. The molecular weight excluding hydrogens is 228 g/mol. The van der Waals surface area contributed by atoms with Gasteiger partial charge in [-0.05, 0) is 51.1 Å². The number of hydrogen-bond donors (Lipinski definition) is 0. The van der Waals surface area contributed by atoms with Crippen LogP contribution in [0.1, 0.15) is 32.1 Å². The van der Waals surface area contributed by atoms with Gasteiger partial charge in [-0.25, -0.2) is 0 Å². The molecule has 1 atom stereocenters. The summed E-state index contributed by atoms with van der Waals surface area (Å²) in [6.07, 6.45) is 11.1. The second-order valence-corrected chi connectivity index (χ2v) is 10.6. The van der Waals surface area contributed by atoms with Gasteiger partial charge in [0.2, 0.25) is 8.32 Å². The smallest absolute Gasteiger partial charge is 0.242 e. The Morgan fingerprint density at radius 3 is 2.59 bits per heavy atom. The van der Waals surface area contributed by atoms with Gasteiger partial charge < -0.3 is 4.43 Å². The minimum Gasteiger partial charge on any atom is -0.545 e. The first-order valence-electron chi connectivity index (χ1n) is 6.53. The molecule has 2 aliphatic carbocycles. The predicted octanol–water partition coefficient (Wildman–Crippen LogP) is 3.81. The summed E-state index contributed by atoms with van der Waals surface area (Å²) in [4.78, 5) is 12.1. The van der Waals surface area contributed by atoms with Gasteiger partial charge in [-0.2, -0.15) is 0 Å². The van der Waals surface area contributed by atoms with Crippen molar-refractivity contribution >= 4 is 14.1 Å². The molecule has 0 aliphatic heterocycles. The Bertz CT molecular complexity index is 376. The molecule has 0 aromatic heterocycles. The lowest BCUT2D eigenvalue weighted by Crippen LogP contribution is -2.34. The third-order valence-electron chi connectivity index (χ3n) is 3.49. The maximum Gasteiger partial charge on any atom is 0.242 e. The lowest BCUT2D eigenvalue weighted by atomic mass is 9.69. The number of ketones is 1. The van der Waals surface area contributed by atoms with Crippen molar-refractivity contribution in [3.05, 3.63) is 24.0 Å².